The summed E-state index contributed by atoms with van der Waals surface area (Å²) >= 11 is 8.69. The number of methoxy groups -OCH3 is 2. The number of para-hydroxylation sites is 1. The monoisotopic (exact) mass is 546 g/mol. The van der Waals surface area contributed by atoms with Crippen LogP contribution in [0.1, 0.15) is 10.4 Å². The molecule has 5 nitrogen and oxygen atoms in total. The first kappa shape index (κ1) is 20.8. The highest BCUT2D eigenvalue weighted by molar-refractivity contribution is 9.11. The van der Waals surface area contributed by atoms with E-state index < -0.39 is 0 Å². The van der Waals surface area contributed by atoms with Gasteiger partial charge in [-0.05, 0) is 52.3 Å². The van der Waals surface area contributed by atoms with Crippen molar-refractivity contribution < 1.29 is 14.3 Å². The molecule has 1 amide bonds. The van der Waals surface area contributed by atoms with Crippen LogP contribution in [0.15, 0.2) is 63.5 Å². The van der Waals surface area contributed by atoms with Gasteiger partial charge in [-0.15, -0.1) is 11.3 Å². The molecule has 4 aromatic rings. The molecule has 0 aliphatic heterocycles. The molecule has 1 N–H and O–H groups in total. The summed E-state index contributed by atoms with van der Waals surface area (Å²) in [4.78, 5) is 18.0. The van der Waals surface area contributed by atoms with Gasteiger partial charge >= 0.3 is 0 Å². The minimum atomic E-state index is -0.338. The molecule has 0 unspecified atom stereocenters. The Morgan fingerprint density at radius 3 is 2.37 bits per heavy atom. The van der Waals surface area contributed by atoms with Gasteiger partial charge in [-0.25, -0.2) is 4.98 Å². The number of carbonyl (C=O) groups is 1. The third-order valence-electron chi connectivity index (χ3n) is 4.47. The normalized spacial score (nSPS) is 10.8. The largest absolute Gasteiger partial charge is 0.496 e. The Morgan fingerprint density at radius 2 is 1.70 bits per heavy atom. The third-order valence-corrected chi connectivity index (χ3v) is 6.63. The average Bonchev–Trinajstić information content (AvgIpc) is 3.18. The molecule has 1 aromatic heterocycles. The minimum absolute atomic E-state index is 0.326. The lowest BCUT2D eigenvalue weighted by molar-refractivity contribution is 0.102. The van der Waals surface area contributed by atoms with Crippen LogP contribution in [0.5, 0.6) is 11.5 Å². The molecule has 0 radical (unpaired) electrons. The number of halogens is 2. The Kier molecular flexibility index (Phi) is 6.08. The van der Waals surface area contributed by atoms with Crippen molar-refractivity contribution in [3.8, 4) is 22.1 Å². The fourth-order valence-electron chi connectivity index (χ4n) is 3.11. The first-order valence-electron chi connectivity index (χ1n) is 8.89. The highest BCUT2D eigenvalue weighted by Gasteiger charge is 2.22. The van der Waals surface area contributed by atoms with Gasteiger partial charge in [0.1, 0.15) is 22.1 Å². The highest BCUT2D eigenvalue weighted by atomic mass is 79.9. The van der Waals surface area contributed by atoms with E-state index in [-0.39, 0.29) is 5.91 Å². The first-order chi connectivity index (χ1) is 14.5. The van der Waals surface area contributed by atoms with E-state index in [0.717, 1.165) is 29.7 Å². The van der Waals surface area contributed by atoms with Crippen LogP contribution in [0.4, 0.5) is 5.69 Å². The van der Waals surface area contributed by atoms with Gasteiger partial charge in [-0.3, -0.25) is 4.79 Å². The van der Waals surface area contributed by atoms with Gasteiger partial charge in [0.05, 0.1) is 30.1 Å². The fourth-order valence-corrected chi connectivity index (χ4v) is 5.42. The quantitative estimate of drug-likeness (QED) is 0.300. The summed E-state index contributed by atoms with van der Waals surface area (Å²) < 4.78 is 13.4. The van der Waals surface area contributed by atoms with Crippen LogP contribution in [0.25, 0.3) is 20.8 Å². The number of hydrogen-bond donors (Lipinski definition) is 1. The van der Waals surface area contributed by atoms with Gasteiger partial charge in [0.15, 0.2) is 0 Å². The molecule has 4 rings (SSSR count). The molecule has 0 saturated carbocycles. The van der Waals surface area contributed by atoms with Crippen LogP contribution >= 0.6 is 43.2 Å². The van der Waals surface area contributed by atoms with Crippen LogP contribution in [-0.4, -0.2) is 25.1 Å². The van der Waals surface area contributed by atoms with Gasteiger partial charge < -0.3 is 14.8 Å². The Morgan fingerprint density at radius 1 is 1.00 bits per heavy atom. The van der Waals surface area contributed by atoms with Crippen LogP contribution in [0.2, 0.25) is 0 Å². The van der Waals surface area contributed by atoms with E-state index in [1.165, 1.54) is 14.2 Å². The maximum Gasteiger partial charge on any atom is 0.263 e. The lowest BCUT2D eigenvalue weighted by Crippen LogP contribution is -2.15. The van der Waals surface area contributed by atoms with E-state index in [4.69, 9.17) is 14.5 Å². The van der Waals surface area contributed by atoms with E-state index >= 15 is 0 Å². The standard InChI is InChI=1S/C22H16Br2N2O3S/c1-28-16-7-5-8-17(29-2)19(16)21(27)26-20-13(10-12(23)11-14(20)24)22-25-15-6-3-4-9-18(15)30-22/h3-11H,1-2H3,(H,26,27). The zero-order valence-electron chi connectivity index (χ0n) is 16.0. The molecular weight excluding hydrogens is 532 g/mol. The molecule has 152 valence electrons. The van der Waals surface area contributed by atoms with Crippen LogP contribution in [-0.2, 0) is 0 Å². The van der Waals surface area contributed by atoms with Crippen molar-refractivity contribution in [1.29, 1.82) is 0 Å². The van der Waals surface area contributed by atoms with Crippen molar-refractivity contribution in [2.45, 2.75) is 0 Å². The molecule has 0 aliphatic rings. The molecule has 0 spiro atoms. The number of aromatic nitrogens is 1. The second-order valence-electron chi connectivity index (χ2n) is 6.29. The Hall–Kier alpha value is -2.42. The van der Waals surface area contributed by atoms with Crippen molar-refractivity contribution in [3.05, 3.63) is 69.1 Å². The number of anilines is 1. The minimum Gasteiger partial charge on any atom is -0.496 e. The fraction of sp³-hybridized carbons (Fsp3) is 0.0909. The lowest BCUT2D eigenvalue weighted by Gasteiger charge is -2.16. The summed E-state index contributed by atoms with van der Waals surface area (Å²) in [5, 5.41) is 3.82. The summed E-state index contributed by atoms with van der Waals surface area (Å²) in [6.45, 7) is 0. The topological polar surface area (TPSA) is 60.5 Å². The Labute approximate surface area is 194 Å². The van der Waals surface area contributed by atoms with E-state index in [1.54, 1.807) is 29.5 Å². The number of nitrogens with zero attached hydrogens (tertiary/aromatic N) is 1. The summed E-state index contributed by atoms with van der Waals surface area (Å²) in [6, 6.07) is 17.0. The zero-order chi connectivity index (χ0) is 21.3. The van der Waals surface area contributed by atoms with Crippen LogP contribution in [0, 0.1) is 0 Å². The SMILES string of the molecule is COc1cccc(OC)c1C(=O)Nc1c(Br)cc(Br)cc1-c1nc2ccccc2s1. The molecule has 0 atom stereocenters. The molecule has 0 aliphatic carbocycles. The number of hydrogen-bond acceptors (Lipinski definition) is 5. The molecule has 3 aromatic carbocycles. The maximum absolute atomic E-state index is 13.2. The first-order valence-corrected chi connectivity index (χ1v) is 11.3. The highest BCUT2D eigenvalue weighted by Crippen LogP contribution is 2.41. The number of amides is 1. The predicted octanol–water partition coefficient (Wildman–Crippen LogP) is 6.76. The van der Waals surface area contributed by atoms with Gasteiger partial charge in [0, 0.05) is 14.5 Å². The smallest absolute Gasteiger partial charge is 0.263 e. The molecule has 1 heterocycles. The Balaban J connectivity index is 1.82. The Bertz CT molecular complexity index is 1200. The summed E-state index contributed by atoms with van der Waals surface area (Å²) in [5.74, 6) is 0.526. The molecule has 0 bridgehead atoms. The van der Waals surface area contributed by atoms with Gasteiger partial charge in [0.2, 0.25) is 0 Å². The summed E-state index contributed by atoms with van der Waals surface area (Å²) in [5.41, 5.74) is 2.67. The van der Waals surface area contributed by atoms with Gasteiger partial charge in [-0.2, -0.15) is 0 Å². The van der Waals surface area contributed by atoms with Crippen LogP contribution < -0.4 is 14.8 Å². The van der Waals surface area contributed by atoms with Gasteiger partial charge in [0.25, 0.3) is 5.91 Å². The second-order valence-corrected chi connectivity index (χ2v) is 9.09. The number of carbonyl (C=O) groups excluding carboxylic acids is 1. The number of ether oxygens (including phenoxy) is 2. The summed E-state index contributed by atoms with van der Waals surface area (Å²) in [7, 11) is 3.04. The number of thiazole rings is 1. The van der Waals surface area contributed by atoms with Gasteiger partial charge in [-0.1, -0.05) is 34.1 Å². The maximum atomic E-state index is 13.2. The third kappa shape index (κ3) is 3.95. The molecule has 8 heteroatoms. The molecule has 0 fully saturated rings. The van der Waals surface area contributed by atoms with Crippen molar-refractivity contribution >= 4 is 65.0 Å². The van der Waals surface area contributed by atoms with Crippen LogP contribution in [0.3, 0.4) is 0 Å². The van der Waals surface area contributed by atoms with E-state index in [9.17, 15) is 4.79 Å². The zero-order valence-corrected chi connectivity index (χ0v) is 20.0. The lowest BCUT2D eigenvalue weighted by atomic mass is 10.1. The number of benzene rings is 3. The van der Waals surface area contributed by atoms with Crippen molar-refractivity contribution in [3.63, 3.8) is 0 Å². The van der Waals surface area contributed by atoms with Crippen molar-refractivity contribution in [2.75, 3.05) is 19.5 Å². The molecular formula is C22H16Br2N2O3S. The number of rotatable bonds is 5. The van der Waals surface area contributed by atoms with E-state index in [1.807, 2.05) is 36.4 Å². The summed E-state index contributed by atoms with van der Waals surface area (Å²) in [6.07, 6.45) is 0. The van der Waals surface area contributed by atoms with Crippen molar-refractivity contribution in [1.82, 2.24) is 4.98 Å². The van der Waals surface area contributed by atoms with E-state index in [0.29, 0.717) is 22.7 Å². The van der Waals surface area contributed by atoms with Crippen molar-refractivity contribution in [2.24, 2.45) is 0 Å². The second kappa shape index (κ2) is 8.75. The number of nitrogens with one attached hydrogen (secondary N) is 1. The average molecular weight is 548 g/mol. The van der Waals surface area contributed by atoms with E-state index in [2.05, 4.69) is 37.2 Å². The number of fused-ring (bicyclic) bond motifs is 1. The molecule has 30 heavy (non-hydrogen) atoms. The predicted molar refractivity (Wildman–Crippen MR) is 128 cm³/mol. The molecule has 0 saturated heterocycles.